The van der Waals surface area contributed by atoms with Crippen molar-refractivity contribution in [3.63, 3.8) is 0 Å². The topological polar surface area (TPSA) is 61.4 Å². The average molecular weight is 417 g/mol. The first-order valence-electron chi connectivity index (χ1n) is 7.89. The molecule has 0 fully saturated rings. The van der Waals surface area contributed by atoms with E-state index in [2.05, 4.69) is 10.6 Å². The number of aromatic hydroxyl groups is 1. The molecular formula is C20H14Cl2N2O2S. The minimum Gasteiger partial charge on any atom is -0.508 e. The first-order chi connectivity index (χ1) is 12.9. The molecule has 0 aliphatic heterocycles. The summed E-state index contributed by atoms with van der Waals surface area (Å²) < 4.78 is 0. The Hall–Kier alpha value is -2.60. The van der Waals surface area contributed by atoms with Gasteiger partial charge in [0.05, 0.1) is 0 Å². The van der Waals surface area contributed by atoms with Crippen LogP contribution < -0.4 is 10.6 Å². The lowest BCUT2D eigenvalue weighted by molar-refractivity contribution is -0.115. The molecule has 0 spiro atoms. The number of halogens is 2. The van der Waals surface area contributed by atoms with Gasteiger partial charge >= 0.3 is 0 Å². The minimum absolute atomic E-state index is 0.160. The van der Waals surface area contributed by atoms with Crippen molar-refractivity contribution in [1.29, 1.82) is 0 Å². The standard InChI is InChI=1S/C20H14Cl2N2O2S/c21-14-6-4-12(17(22)11-14)5-9-19(26)24-20(27)23-18-3-1-2-13-10-15(25)7-8-16(13)18/h1-11,25H,(H2,23,24,26,27). The Bertz CT molecular complexity index is 1070. The molecule has 0 bridgehead atoms. The van der Waals surface area contributed by atoms with Crippen LogP contribution in [0.25, 0.3) is 16.8 Å². The van der Waals surface area contributed by atoms with E-state index < -0.39 is 5.91 Å². The SMILES string of the molecule is O=C(C=Cc1ccc(Cl)cc1Cl)NC(=S)Nc1cccc2cc(O)ccc12. The fourth-order valence-corrected chi connectivity index (χ4v) is 3.17. The molecule has 136 valence electrons. The molecule has 27 heavy (non-hydrogen) atoms. The molecule has 3 aromatic rings. The van der Waals surface area contributed by atoms with E-state index in [0.717, 1.165) is 16.5 Å². The fraction of sp³-hybridized carbons (Fsp3) is 0. The zero-order valence-electron chi connectivity index (χ0n) is 13.9. The molecule has 0 atom stereocenters. The average Bonchev–Trinajstić information content (AvgIpc) is 2.60. The van der Waals surface area contributed by atoms with E-state index in [1.54, 1.807) is 42.5 Å². The van der Waals surface area contributed by atoms with Gasteiger partial charge in [0.1, 0.15) is 5.75 Å². The number of benzene rings is 3. The van der Waals surface area contributed by atoms with Crippen LogP contribution in [0.5, 0.6) is 5.75 Å². The molecule has 3 N–H and O–H groups in total. The van der Waals surface area contributed by atoms with Crippen LogP contribution in [0.4, 0.5) is 5.69 Å². The smallest absolute Gasteiger partial charge is 0.250 e. The molecule has 0 saturated heterocycles. The van der Waals surface area contributed by atoms with Gasteiger partial charge in [-0.1, -0.05) is 41.4 Å². The van der Waals surface area contributed by atoms with Gasteiger partial charge in [-0.15, -0.1) is 0 Å². The predicted octanol–water partition coefficient (Wildman–Crippen LogP) is 5.38. The normalized spacial score (nSPS) is 10.9. The molecule has 0 saturated carbocycles. The van der Waals surface area contributed by atoms with Gasteiger partial charge < -0.3 is 10.4 Å². The van der Waals surface area contributed by atoms with E-state index in [1.165, 1.54) is 6.08 Å². The number of amides is 1. The van der Waals surface area contributed by atoms with Crippen LogP contribution in [0.2, 0.25) is 10.0 Å². The molecule has 0 heterocycles. The summed E-state index contributed by atoms with van der Waals surface area (Å²) in [6, 6.07) is 15.6. The Kier molecular flexibility index (Phi) is 5.96. The van der Waals surface area contributed by atoms with Crippen molar-refractivity contribution < 1.29 is 9.90 Å². The summed E-state index contributed by atoms with van der Waals surface area (Å²) in [5, 5.41) is 18.0. The Morgan fingerprint density at radius 1 is 1.07 bits per heavy atom. The summed E-state index contributed by atoms with van der Waals surface area (Å²) in [6.45, 7) is 0. The third-order valence-electron chi connectivity index (χ3n) is 3.73. The second kappa shape index (κ2) is 8.39. The predicted molar refractivity (Wildman–Crippen MR) is 115 cm³/mol. The third-order valence-corrected chi connectivity index (χ3v) is 4.49. The molecule has 7 heteroatoms. The molecule has 0 aromatic heterocycles. The summed E-state index contributed by atoms with van der Waals surface area (Å²) in [4.78, 5) is 12.1. The van der Waals surface area contributed by atoms with E-state index in [0.29, 0.717) is 15.6 Å². The Morgan fingerprint density at radius 3 is 2.67 bits per heavy atom. The number of nitrogens with one attached hydrogen (secondary N) is 2. The van der Waals surface area contributed by atoms with Gasteiger partial charge in [0.25, 0.3) is 0 Å². The van der Waals surface area contributed by atoms with Gasteiger partial charge in [-0.05, 0) is 65.6 Å². The second-order valence-corrected chi connectivity index (χ2v) is 6.91. The number of phenols is 1. The van der Waals surface area contributed by atoms with Gasteiger partial charge in [0.2, 0.25) is 5.91 Å². The summed E-state index contributed by atoms with van der Waals surface area (Å²) >= 11 is 17.1. The number of fused-ring (bicyclic) bond motifs is 1. The highest BCUT2D eigenvalue weighted by atomic mass is 35.5. The molecule has 0 aliphatic carbocycles. The molecule has 3 rings (SSSR count). The number of thiocarbonyl (C=S) groups is 1. The Labute approximate surface area is 171 Å². The van der Waals surface area contributed by atoms with Gasteiger partial charge in [-0.25, -0.2) is 0 Å². The fourth-order valence-electron chi connectivity index (χ4n) is 2.49. The highest BCUT2D eigenvalue weighted by Gasteiger charge is 2.06. The minimum atomic E-state index is -0.392. The number of anilines is 1. The number of hydrogen-bond donors (Lipinski definition) is 3. The summed E-state index contributed by atoms with van der Waals surface area (Å²) in [6.07, 6.45) is 2.92. The summed E-state index contributed by atoms with van der Waals surface area (Å²) in [7, 11) is 0. The van der Waals surface area contributed by atoms with Crippen molar-refractivity contribution in [3.8, 4) is 5.75 Å². The van der Waals surface area contributed by atoms with Crippen molar-refractivity contribution >= 4 is 69.0 Å². The highest BCUT2D eigenvalue weighted by Crippen LogP contribution is 2.26. The maximum absolute atomic E-state index is 12.1. The highest BCUT2D eigenvalue weighted by molar-refractivity contribution is 7.80. The first-order valence-corrected chi connectivity index (χ1v) is 9.05. The van der Waals surface area contributed by atoms with E-state index in [4.69, 9.17) is 35.4 Å². The van der Waals surface area contributed by atoms with Crippen molar-refractivity contribution in [1.82, 2.24) is 5.32 Å². The summed E-state index contributed by atoms with van der Waals surface area (Å²) in [5.74, 6) is -0.210. The lowest BCUT2D eigenvalue weighted by Gasteiger charge is -2.11. The van der Waals surface area contributed by atoms with E-state index in [9.17, 15) is 9.90 Å². The lowest BCUT2D eigenvalue weighted by atomic mass is 10.1. The largest absolute Gasteiger partial charge is 0.508 e. The van der Waals surface area contributed by atoms with Crippen molar-refractivity contribution in [3.05, 3.63) is 76.3 Å². The van der Waals surface area contributed by atoms with Gasteiger partial charge in [0.15, 0.2) is 5.11 Å². The van der Waals surface area contributed by atoms with Gasteiger partial charge in [-0.2, -0.15) is 0 Å². The molecule has 0 radical (unpaired) electrons. The monoisotopic (exact) mass is 416 g/mol. The van der Waals surface area contributed by atoms with Crippen LogP contribution in [0.1, 0.15) is 5.56 Å². The number of phenolic OH excluding ortho intramolecular Hbond substituents is 1. The second-order valence-electron chi connectivity index (χ2n) is 5.65. The van der Waals surface area contributed by atoms with E-state index in [-0.39, 0.29) is 10.9 Å². The van der Waals surface area contributed by atoms with Crippen LogP contribution >= 0.6 is 35.4 Å². The van der Waals surface area contributed by atoms with Crippen molar-refractivity contribution in [2.75, 3.05) is 5.32 Å². The van der Waals surface area contributed by atoms with Crippen molar-refractivity contribution in [2.24, 2.45) is 0 Å². The zero-order chi connectivity index (χ0) is 19.4. The van der Waals surface area contributed by atoms with E-state index >= 15 is 0 Å². The lowest BCUT2D eigenvalue weighted by Crippen LogP contribution is -2.32. The van der Waals surface area contributed by atoms with Gasteiger partial charge in [0, 0.05) is 27.2 Å². The first kappa shape index (κ1) is 19.2. The maximum Gasteiger partial charge on any atom is 0.250 e. The number of carbonyl (C=O) groups is 1. The number of hydrogen-bond acceptors (Lipinski definition) is 3. The van der Waals surface area contributed by atoms with Crippen LogP contribution in [0.3, 0.4) is 0 Å². The molecule has 0 aliphatic rings. The van der Waals surface area contributed by atoms with Crippen LogP contribution in [0.15, 0.2) is 60.7 Å². The summed E-state index contributed by atoms with van der Waals surface area (Å²) in [5.41, 5.74) is 1.39. The zero-order valence-corrected chi connectivity index (χ0v) is 16.2. The molecular weight excluding hydrogens is 403 g/mol. The Morgan fingerprint density at radius 2 is 1.89 bits per heavy atom. The van der Waals surface area contributed by atoms with Crippen LogP contribution in [-0.4, -0.2) is 16.1 Å². The van der Waals surface area contributed by atoms with E-state index in [1.807, 2.05) is 18.2 Å². The molecule has 1 amide bonds. The quantitative estimate of drug-likeness (QED) is 0.396. The van der Waals surface area contributed by atoms with Crippen LogP contribution in [-0.2, 0) is 4.79 Å². The van der Waals surface area contributed by atoms with Gasteiger partial charge in [-0.3, -0.25) is 10.1 Å². The van der Waals surface area contributed by atoms with Crippen molar-refractivity contribution in [2.45, 2.75) is 0 Å². The number of carbonyl (C=O) groups excluding carboxylic acids is 1. The molecule has 0 unspecified atom stereocenters. The molecule has 4 nitrogen and oxygen atoms in total. The maximum atomic E-state index is 12.1. The number of rotatable bonds is 3. The molecule has 3 aromatic carbocycles. The Balaban J connectivity index is 1.67. The third kappa shape index (κ3) is 4.98. The van der Waals surface area contributed by atoms with Crippen LogP contribution in [0, 0.1) is 0 Å².